The number of nitrogens with one attached hydrogen (secondary N) is 1. The third-order valence-electron chi connectivity index (χ3n) is 6.44. The minimum absolute atomic E-state index is 0.256. The summed E-state index contributed by atoms with van der Waals surface area (Å²) in [7, 11) is 0. The Balaban J connectivity index is 1.58. The zero-order chi connectivity index (χ0) is 20.1. The molecule has 3 aliphatic carbocycles. The summed E-state index contributed by atoms with van der Waals surface area (Å²) in [6.07, 6.45) is 13.8. The number of aliphatic carboxylic acids is 1. The van der Waals surface area contributed by atoms with E-state index in [4.69, 9.17) is 16.7 Å². The van der Waals surface area contributed by atoms with Crippen LogP contribution in [0.3, 0.4) is 0 Å². The van der Waals surface area contributed by atoms with E-state index in [9.17, 15) is 4.79 Å². The minimum atomic E-state index is -0.706. The van der Waals surface area contributed by atoms with Gasteiger partial charge in [0.15, 0.2) is 0 Å². The number of carbonyl (C=O) groups is 1. The monoisotopic (exact) mass is 401 g/mol. The summed E-state index contributed by atoms with van der Waals surface area (Å²) in [6, 6.07) is 4.08. The summed E-state index contributed by atoms with van der Waals surface area (Å²) < 4.78 is 0. The van der Waals surface area contributed by atoms with E-state index in [0.717, 1.165) is 31.0 Å². The number of aryl methyl sites for hydroxylation is 2. The van der Waals surface area contributed by atoms with E-state index < -0.39 is 5.97 Å². The predicted molar refractivity (Wildman–Crippen MR) is 116 cm³/mol. The van der Waals surface area contributed by atoms with Crippen molar-refractivity contribution >= 4 is 17.6 Å². The number of fused-ring (bicyclic) bond motifs is 2. The van der Waals surface area contributed by atoms with Gasteiger partial charge in [-0.1, -0.05) is 35.9 Å². The number of carboxylic acids is 1. The summed E-state index contributed by atoms with van der Waals surface area (Å²) in [5.74, 6) is 1.76. The van der Waals surface area contributed by atoms with Crippen LogP contribution in [0.25, 0.3) is 0 Å². The van der Waals surface area contributed by atoms with Crippen molar-refractivity contribution in [2.45, 2.75) is 52.5 Å². The molecule has 0 aliphatic heterocycles. The molecule has 1 aromatic carbocycles. The van der Waals surface area contributed by atoms with Gasteiger partial charge in [0.2, 0.25) is 0 Å². The Hall–Kier alpha value is -1.58. The number of halogens is 1. The highest BCUT2D eigenvalue weighted by Gasteiger charge is 2.38. The van der Waals surface area contributed by atoms with E-state index in [1.807, 2.05) is 12.1 Å². The van der Waals surface area contributed by atoms with Crippen LogP contribution < -0.4 is 5.32 Å². The van der Waals surface area contributed by atoms with Crippen molar-refractivity contribution in [3.63, 3.8) is 0 Å². The molecule has 0 unspecified atom stereocenters. The third kappa shape index (κ3) is 5.27. The molecule has 2 N–H and O–H groups in total. The van der Waals surface area contributed by atoms with Crippen molar-refractivity contribution in [1.82, 2.24) is 5.32 Å². The van der Waals surface area contributed by atoms with Gasteiger partial charge in [0.25, 0.3) is 0 Å². The molecule has 0 aromatic heterocycles. The normalized spacial score (nSPS) is 26.2. The maximum Gasteiger partial charge on any atom is 0.303 e. The summed E-state index contributed by atoms with van der Waals surface area (Å²) in [6.45, 7) is 6.15. The number of hydrogen-bond acceptors (Lipinski definition) is 2. The van der Waals surface area contributed by atoms with Gasteiger partial charge in [0.05, 0.1) is 0 Å². The van der Waals surface area contributed by atoms with Gasteiger partial charge in [0, 0.05) is 18.0 Å². The molecule has 4 atom stereocenters. The molecule has 1 aromatic rings. The molecule has 28 heavy (non-hydrogen) atoms. The first-order chi connectivity index (χ1) is 13.5. The largest absolute Gasteiger partial charge is 0.481 e. The van der Waals surface area contributed by atoms with Gasteiger partial charge in [-0.15, -0.1) is 0 Å². The molecule has 152 valence electrons. The average molecular weight is 402 g/mol. The Morgan fingerprint density at radius 3 is 2.54 bits per heavy atom. The molecule has 0 saturated heterocycles. The maximum absolute atomic E-state index is 10.7. The Morgan fingerprint density at radius 1 is 1.21 bits per heavy atom. The van der Waals surface area contributed by atoms with Crippen LogP contribution in [-0.2, 0) is 11.3 Å². The zero-order valence-electron chi connectivity index (χ0n) is 17.0. The number of hydrogen-bond donors (Lipinski definition) is 2. The topological polar surface area (TPSA) is 49.3 Å². The lowest BCUT2D eigenvalue weighted by Crippen LogP contribution is -2.41. The molecule has 0 radical (unpaired) electrons. The van der Waals surface area contributed by atoms with Crippen LogP contribution in [0.2, 0.25) is 5.02 Å². The van der Waals surface area contributed by atoms with Gasteiger partial charge in [-0.3, -0.25) is 4.79 Å². The average Bonchev–Trinajstić information content (AvgIpc) is 2.65. The molecule has 0 heterocycles. The SMILES string of the molecule is Cc1cc(Cl)cc(C)c1CNC[C@@H]1[C@@H](/C=C\CCCC(=O)O)[C@@H]2C=C[C@H]1CC2. The third-order valence-corrected chi connectivity index (χ3v) is 6.66. The first-order valence-electron chi connectivity index (χ1n) is 10.5. The number of unbranched alkanes of at least 4 members (excludes halogenated alkanes) is 1. The molecule has 1 saturated carbocycles. The fourth-order valence-corrected chi connectivity index (χ4v) is 5.25. The van der Waals surface area contributed by atoms with Crippen LogP contribution in [0.5, 0.6) is 0 Å². The van der Waals surface area contributed by atoms with Crippen molar-refractivity contribution in [2.24, 2.45) is 23.7 Å². The summed E-state index contributed by atoms with van der Waals surface area (Å²) in [5.41, 5.74) is 3.84. The molecule has 1 fully saturated rings. The molecule has 3 aliphatic rings. The number of rotatable bonds is 9. The van der Waals surface area contributed by atoms with Crippen molar-refractivity contribution in [1.29, 1.82) is 0 Å². The second-order valence-corrected chi connectivity index (χ2v) is 8.83. The van der Waals surface area contributed by atoms with E-state index in [-0.39, 0.29) is 6.42 Å². The highest BCUT2D eigenvalue weighted by Crippen LogP contribution is 2.45. The van der Waals surface area contributed by atoms with Gasteiger partial charge < -0.3 is 10.4 Å². The molecule has 4 rings (SSSR count). The minimum Gasteiger partial charge on any atom is -0.481 e. The zero-order valence-corrected chi connectivity index (χ0v) is 17.7. The molecule has 4 heteroatoms. The van der Waals surface area contributed by atoms with Gasteiger partial charge in [-0.25, -0.2) is 0 Å². The van der Waals surface area contributed by atoms with Crippen LogP contribution >= 0.6 is 11.6 Å². The first kappa shape index (κ1) is 21.1. The number of benzene rings is 1. The number of carboxylic acid groups (broad SMARTS) is 1. The van der Waals surface area contributed by atoms with Crippen LogP contribution in [0, 0.1) is 37.5 Å². The van der Waals surface area contributed by atoms with Crippen molar-refractivity contribution in [3.05, 3.63) is 58.1 Å². The van der Waals surface area contributed by atoms with E-state index in [0.29, 0.717) is 23.7 Å². The van der Waals surface area contributed by atoms with Gasteiger partial charge in [-0.2, -0.15) is 0 Å². The molecule has 0 amide bonds. The van der Waals surface area contributed by atoms with Crippen LogP contribution in [-0.4, -0.2) is 17.6 Å². The number of allylic oxidation sites excluding steroid dienone is 4. The van der Waals surface area contributed by atoms with E-state index >= 15 is 0 Å². The molecular formula is C24H32ClNO2. The summed E-state index contributed by atoms with van der Waals surface area (Å²) >= 11 is 6.16. The quantitative estimate of drug-likeness (QED) is 0.413. The summed E-state index contributed by atoms with van der Waals surface area (Å²) in [5, 5.41) is 13.3. The van der Waals surface area contributed by atoms with E-state index in [1.54, 1.807) is 0 Å². The molecular weight excluding hydrogens is 370 g/mol. The Labute approximate surface area is 173 Å². The van der Waals surface area contributed by atoms with Crippen LogP contribution in [0.4, 0.5) is 0 Å². The highest BCUT2D eigenvalue weighted by molar-refractivity contribution is 6.30. The van der Waals surface area contributed by atoms with Gasteiger partial charge >= 0.3 is 5.97 Å². The Bertz CT molecular complexity index is 732. The summed E-state index contributed by atoms with van der Waals surface area (Å²) in [4.78, 5) is 10.7. The Morgan fingerprint density at radius 2 is 1.89 bits per heavy atom. The fraction of sp³-hybridized carbons (Fsp3) is 0.542. The van der Waals surface area contributed by atoms with Crippen molar-refractivity contribution in [3.8, 4) is 0 Å². The standard InChI is InChI=1S/C24H32ClNO2/c1-16-12-20(25)13-17(2)22(16)14-26-15-23-19-10-8-18(9-11-19)21(23)6-4-3-5-7-24(27)28/h4,6,8,10,12-13,18-19,21,23,26H,3,5,7,9,11,14-15H2,1-2H3,(H,27,28)/b6-4-/t18-,19+,21+,23+/m1/s1. The molecule has 3 nitrogen and oxygen atoms in total. The van der Waals surface area contributed by atoms with E-state index in [1.165, 1.54) is 29.5 Å². The van der Waals surface area contributed by atoms with Gasteiger partial charge in [0.1, 0.15) is 0 Å². The lowest BCUT2D eigenvalue weighted by atomic mass is 9.62. The fourth-order valence-electron chi connectivity index (χ4n) is 4.92. The predicted octanol–water partition coefficient (Wildman–Crippen LogP) is 5.69. The lowest BCUT2D eigenvalue weighted by molar-refractivity contribution is -0.137. The first-order valence-corrected chi connectivity index (χ1v) is 10.9. The van der Waals surface area contributed by atoms with Gasteiger partial charge in [-0.05, 0) is 98.6 Å². The van der Waals surface area contributed by atoms with Crippen molar-refractivity contribution in [2.75, 3.05) is 6.54 Å². The maximum atomic E-state index is 10.7. The van der Waals surface area contributed by atoms with Crippen LogP contribution in [0.15, 0.2) is 36.4 Å². The lowest BCUT2D eigenvalue weighted by Gasteiger charge is -2.44. The second kappa shape index (κ2) is 9.76. The smallest absolute Gasteiger partial charge is 0.303 e. The van der Waals surface area contributed by atoms with E-state index in [2.05, 4.69) is 43.5 Å². The van der Waals surface area contributed by atoms with Crippen molar-refractivity contribution < 1.29 is 9.90 Å². The second-order valence-electron chi connectivity index (χ2n) is 8.39. The highest BCUT2D eigenvalue weighted by atomic mass is 35.5. The Kier molecular flexibility index (Phi) is 7.36. The van der Waals surface area contributed by atoms with Crippen LogP contribution in [0.1, 0.15) is 48.8 Å². The molecule has 2 bridgehead atoms. The molecule has 0 spiro atoms.